The van der Waals surface area contributed by atoms with Gasteiger partial charge in [-0.25, -0.2) is 0 Å². The van der Waals surface area contributed by atoms with E-state index >= 15 is 0 Å². The Morgan fingerprint density at radius 1 is 1.38 bits per heavy atom. The number of nitrogens with zero attached hydrogens (tertiary/aromatic N) is 2. The van der Waals surface area contributed by atoms with Crippen LogP contribution in [0.15, 0.2) is 29.3 Å². The molecule has 0 aromatic heterocycles. The molecule has 1 aromatic carbocycles. The van der Waals surface area contributed by atoms with Crippen LogP contribution in [0.1, 0.15) is 19.3 Å². The third-order valence-corrected chi connectivity index (χ3v) is 3.77. The minimum atomic E-state index is 0. The number of likely N-dealkylation sites (N-methyl/N-ethyl adjacent to an activating group) is 1. The highest BCUT2D eigenvalue weighted by atomic mass is 127. The van der Waals surface area contributed by atoms with Crippen LogP contribution in [0, 0.1) is 0 Å². The molecule has 0 spiro atoms. The molecule has 0 bridgehead atoms. The maximum absolute atomic E-state index is 5.84. The number of aliphatic imine (C=N–C) groups is 1. The van der Waals surface area contributed by atoms with Crippen LogP contribution in [0.3, 0.4) is 0 Å². The normalized spacial score (nSPS) is 14.9. The maximum Gasteiger partial charge on any atom is 0.193 e. The summed E-state index contributed by atoms with van der Waals surface area (Å²) in [5.41, 5.74) is 0. The topological polar surface area (TPSA) is 36.9 Å². The summed E-state index contributed by atoms with van der Waals surface area (Å²) in [5, 5.41) is 4.18. The zero-order chi connectivity index (χ0) is 14.4. The number of hydrogen-bond donors (Lipinski definition) is 1. The van der Waals surface area contributed by atoms with Crippen LogP contribution in [0.25, 0.3) is 0 Å². The molecule has 1 aromatic rings. The van der Waals surface area contributed by atoms with Crippen molar-refractivity contribution in [3.8, 4) is 5.75 Å². The molecule has 0 amide bonds. The first-order valence-corrected chi connectivity index (χ1v) is 7.39. The Morgan fingerprint density at radius 3 is 2.57 bits per heavy atom. The van der Waals surface area contributed by atoms with Gasteiger partial charge < -0.3 is 15.0 Å². The van der Waals surface area contributed by atoms with Crippen LogP contribution in [0.5, 0.6) is 5.75 Å². The lowest BCUT2D eigenvalue weighted by Crippen LogP contribution is -2.47. The second-order valence-corrected chi connectivity index (χ2v) is 5.48. The van der Waals surface area contributed by atoms with Gasteiger partial charge in [0.15, 0.2) is 5.96 Å². The molecule has 1 saturated carbocycles. The van der Waals surface area contributed by atoms with E-state index in [1.807, 2.05) is 38.4 Å². The van der Waals surface area contributed by atoms with Crippen molar-refractivity contribution in [3.63, 3.8) is 0 Å². The molecule has 1 fully saturated rings. The first-order chi connectivity index (χ1) is 9.69. The quantitative estimate of drug-likeness (QED) is 0.448. The Balaban J connectivity index is 0.00000220. The van der Waals surface area contributed by atoms with Gasteiger partial charge in [0.25, 0.3) is 0 Å². The van der Waals surface area contributed by atoms with Gasteiger partial charge in [-0.05, 0) is 43.5 Å². The standard InChI is InChI=1S/C15H22ClN3O.HI/c1-17-15(18-13-4-3-5-13)19(2)10-11-20-14-8-6-12(16)7-9-14;/h6-9,13H,3-5,10-11H2,1-2H3,(H,17,18);1H. The van der Waals surface area contributed by atoms with Gasteiger partial charge in [-0.1, -0.05) is 11.6 Å². The Morgan fingerprint density at radius 2 is 2.05 bits per heavy atom. The van der Waals surface area contributed by atoms with Crippen molar-refractivity contribution in [2.75, 3.05) is 27.2 Å². The fraction of sp³-hybridized carbons (Fsp3) is 0.533. The number of benzene rings is 1. The molecule has 1 N–H and O–H groups in total. The summed E-state index contributed by atoms with van der Waals surface area (Å²) >= 11 is 5.84. The number of guanidine groups is 1. The van der Waals surface area contributed by atoms with Crippen LogP contribution >= 0.6 is 35.6 Å². The van der Waals surface area contributed by atoms with Crippen LogP contribution in [-0.4, -0.2) is 44.1 Å². The van der Waals surface area contributed by atoms with Crippen molar-refractivity contribution in [2.45, 2.75) is 25.3 Å². The van der Waals surface area contributed by atoms with Crippen LogP contribution < -0.4 is 10.1 Å². The molecule has 0 atom stereocenters. The predicted octanol–water partition coefficient (Wildman–Crippen LogP) is 3.40. The van der Waals surface area contributed by atoms with E-state index in [4.69, 9.17) is 16.3 Å². The Kier molecular flexibility index (Phi) is 8.18. The summed E-state index contributed by atoms with van der Waals surface area (Å²) in [6.45, 7) is 1.40. The summed E-state index contributed by atoms with van der Waals surface area (Å²) in [4.78, 5) is 6.40. The van der Waals surface area contributed by atoms with Gasteiger partial charge >= 0.3 is 0 Å². The summed E-state index contributed by atoms with van der Waals surface area (Å²) in [5.74, 6) is 1.78. The SMILES string of the molecule is CN=C(NC1CCC1)N(C)CCOc1ccc(Cl)cc1.I. The molecule has 1 aliphatic rings. The van der Waals surface area contributed by atoms with Gasteiger partial charge in [0.2, 0.25) is 0 Å². The molecular formula is C15H23ClIN3O. The van der Waals surface area contributed by atoms with E-state index in [1.54, 1.807) is 0 Å². The second-order valence-electron chi connectivity index (χ2n) is 5.04. The van der Waals surface area contributed by atoms with Crippen LogP contribution in [0.4, 0.5) is 0 Å². The number of ether oxygens (including phenoxy) is 1. The summed E-state index contributed by atoms with van der Waals surface area (Å²) < 4.78 is 5.69. The first-order valence-electron chi connectivity index (χ1n) is 7.02. The lowest BCUT2D eigenvalue weighted by atomic mass is 9.93. The molecule has 2 rings (SSSR count). The third kappa shape index (κ3) is 5.90. The van der Waals surface area contributed by atoms with E-state index < -0.39 is 0 Å². The molecule has 1 aliphatic carbocycles. The third-order valence-electron chi connectivity index (χ3n) is 3.52. The fourth-order valence-electron chi connectivity index (χ4n) is 2.02. The molecule has 21 heavy (non-hydrogen) atoms. The zero-order valence-corrected chi connectivity index (χ0v) is 15.6. The highest BCUT2D eigenvalue weighted by Crippen LogP contribution is 2.18. The minimum Gasteiger partial charge on any atom is -0.492 e. The molecule has 0 saturated heterocycles. The fourth-order valence-corrected chi connectivity index (χ4v) is 2.14. The van der Waals surface area contributed by atoms with Crippen LogP contribution in [0.2, 0.25) is 5.02 Å². The van der Waals surface area contributed by atoms with Gasteiger partial charge in [-0.2, -0.15) is 0 Å². The van der Waals surface area contributed by atoms with Crippen LogP contribution in [-0.2, 0) is 0 Å². The number of rotatable bonds is 5. The van der Waals surface area contributed by atoms with E-state index in [9.17, 15) is 0 Å². The Bertz CT molecular complexity index is 449. The van der Waals surface area contributed by atoms with E-state index in [2.05, 4.69) is 15.2 Å². The molecule has 0 heterocycles. The van der Waals surface area contributed by atoms with Crippen molar-refractivity contribution in [1.82, 2.24) is 10.2 Å². The van der Waals surface area contributed by atoms with Gasteiger partial charge in [-0.3, -0.25) is 4.99 Å². The average molecular weight is 424 g/mol. The largest absolute Gasteiger partial charge is 0.492 e. The minimum absolute atomic E-state index is 0. The molecule has 0 unspecified atom stereocenters. The van der Waals surface area contributed by atoms with E-state index in [0.29, 0.717) is 12.6 Å². The molecule has 6 heteroatoms. The number of nitrogens with one attached hydrogen (secondary N) is 1. The van der Waals surface area contributed by atoms with Gasteiger partial charge in [0.05, 0.1) is 6.54 Å². The predicted molar refractivity (Wildman–Crippen MR) is 99.1 cm³/mol. The summed E-state index contributed by atoms with van der Waals surface area (Å²) in [6, 6.07) is 8.01. The monoisotopic (exact) mass is 423 g/mol. The van der Waals surface area contributed by atoms with Gasteiger partial charge in [0.1, 0.15) is 12.4 Å². The van der Waals surface area contributed by atoms with E-state index in [-0.39, 0.29) is 24.0 Å². The molecule has 4 nitrogen and oxygen atoms in total. The lowest BCUT2D eigenvalue weighted by Gasteiger charge is -2.31. The first kappa shape index (κ1) is 18.4. The molecule has 118 valence electrons. The van der Waals surface area contributed by atoms with Gasteiger partial charge in [0, 0.05) is 25.2 Å². The molecule has 0 aliphatic heterocycles. The smallest absolute Gasteiger partial charge is 0.193 e. The van der Waals surface area contributed by atoms with Crippen molar-refractivity contribution < 1.29 is 4.74 Å². The Hall–Kier alpha value is -0.690. The second kappa shape index (κ2) is 9.35. The summed E-state index contributed by atoms with van der Waals surface area (Å²) in [7, 11) is 3.84. The average Bonchev–Trinajstić information content (AvgIpc) is 2.40. The van der Waals surface area contributed by atoms with E-state index in [1.165, 1.54) is 19.3 Å². The molecule has 0 radical (unpaired) electrons. The Labute approximate surface area is 148 Å². The molecular weight excluding hydrogens is 401 g/mol. The van der Waals surface area contributed by atoms with Crippen molar-refractivity contribution in [2.24, 2.45) is 4.99 Å². The van der Waals surface area contributed by atoms with Gasteiger partial charge in [-0.15, -0.1) is 24.0 Å². The number of halogens is 2. The van der Waals surface area contributed by atoms with Crippen molar-refractivity contribution in [1.29, 1.82) is 0 Å². The van der Waals surface area contributed by atoms with Crippen molar-refractivity contribution >= 4 is 41.5 Å². The van der Waals surface area contributed by atoms with E-state index in [0.717, 1.165) is 23.3 Å². The number of hydrogen-bond acceptors (Lipinski definition) is 2. The maximum atomic E-state index is 5.84. The van der Waals surface area contributed by atoms with Crippen molar-refractivity contribution in [3.05, 3.63) is 29.3 Å². The zero-order valence-electron chi connectivity index (χ0n) is 12.5. The lowest BCUT2D eigenvalue weighted by molar-refractivity contribution is 0.276. The highest BCUT2D eigenvalue weighted by molar-refractivity contribution is 14.0. The highest BCUT2D eigenvalue weighted by Gasteiger charge is 2.19. The summed E-state index contributed by atoms with van der Waals surface area (Å²) in [6.07, 6.45) is 3.81.